The van der Waals surface area contributed by atoms with Crippen molar-refractivity contribution in [1.29, 1.82) is 0 Å². The van der Waals surface area contributed by atoms with Crippen LogP contribution in [0.5, 0.6) is 0 Å². The Balaban J connectivity index is 2.48. The van der Waals surface area contributed by atoms with E-state index in [2.05, 4.69) is 0 Å². The molecule has 0 fully saturated rings. The minimum absolute atomic E-state index is 0.402. The van der Waals surface area contributed by atoms with Gasteiger partial charge in [-0.1, -0.05) is 11.6 Å². The molecule has 1 aliphatic rings. The lowest BCUT2D eigenvalue weighted by atomic mass is 10.1. The first-order chi connectivity index (χ1) is 7.37. The highest BCUT2D eigenvalue weighted by Gasteiger charge is 2.22. The Morgan fingerprint density at radius 1 is 1.44 bits per heavy atom. The van der Waals surface area contributed by atoms with Gasteiger partial charge in [-0.3, -0.25) is 4.55 Å². The van der Waals surface area contributed by atoms with E-state index in [1.165, 1.54) is 12.1 Å². The topological polar surface area (TPSA) is 54.4 Å². The summed E-state index contributed by atoms with van der Waals surface area (Å²) in [6.07, 6.45) is 0.612. The maximum Gasteiger partial charge on any atom is 0.269 e. The van der Waals surface area contributed by atoms with E-state index >= 15 is 0 Å². The number of halogens is 1. The van der Waals surface area contributed by atoms with E-state index < -0.39 is 21.7 Å². The lowest BCUT2D eigenvalue weighted by molar-refractivity contribution is 0.487. The van der Waals surface area contributed by atoms with Gasteiger partial charge in [0.15, 0.2) is 0 Å². The van der Waals surface area contributed by atoms with E-state index in [9.17, 15) is 12.8 Å². The van der Waals surface area contributed by atoms with Crippen LogP contribution in [0.25, 0.3) is 5.57 Å². The molecule has 0 unspecified atom stereocenters. The summed E-state index contributed by atoms with van der Waals surface area (Å²) in [4.78, 5) is 0. The molecule has 1 aromatic rings. The summed E-state index contributed by atoms with van der Waals surface area (Å²) >= 11 is 0. The largest absolute Gasteiger partial charge is 0.285 e. The van der Waals surface area contributed by atoms with Gasteiger partial charge in [-0.2, -0.15) is 8.42 Å². The maximum atomic E-state index is 13.1. The van der Waals surface area contributed by atoms with E-state index in [-0.39, 0.29) is 0 Å². The minimum Gasteiger partial charge on any atom is -0.285 e. The summed E-state index contributed by atoms with van der Waals surface area (Å²) in [7, 11) is -4.08. The number of hydrogen-bond acceptors (Lipinski definition) is 2. The van der Waals surface area contributed by atoms with Crippen molar-refractivity contribution in [2.75, 3.05) is 5.75 Å². The van der Waals surface area contributed by atoms with Crippen molar-refractivity contribution in [1.82, 2.24) is 0 Å². The van der Waals surface area contributed by atoms with Crippen LogP contribution < -0.4 is 0 Å². The predicted octanol–water partition coefficient (Wildman–Crippen LogP) is 2.04. The molecule has 0 saturated heterocycles. The highest BCUT2D eigenvalue weighted by atomic mass is 32.2. The van der Waals surface area contributed by atoms with Crippen molar-refractivity contribution < 1.29 is 17.4 Å². The maximum absolute atomic E-state index is 13.1. The number of benzene rings is 1. The van der Waals surface area contributed by atoms with E-state index in [0.29, 0.717) is 17.6 Å². The van der Waals surface area contributed by atoms with Crippen molar-refractivity contribution in [3.63, 3.8) is 0 Å². The van der Waals surface area contributed by atoms with Crippen LogP contribution in [-0.2, 0) is 16.5 Å². The molecule has 1 aromatic carbocycles. The highest BCUT2D eigenvalue weighted by molar-refractivity contribution is 7.86. The Labute approximate surface area is 93.4 Å². The van der Waals surface area contributed by atoms with E-state index in [0.717, 1.165) is 11.1 Å². The summed E-state index contributed by atoms with van der Waals surface area (Å²) in [6.45, 7) is 1.79. The quantitative estimate of drug-likeness (QED) is 0.807. The molecule has 3 nitrogen and oxygen atoms in total. The fourth-order valence-electron chi connectivity index (χ4n) is 1.99. The molecule has 0 spiro atoms. The minimum atomic E-state index is -4.08. The fraction of sp³-hybridized carbons (Fsp3) is 0.273. The summed E-state index contributed by atoms with van der Waals surface area (Å²) in [5.74, 6) is -0.851. The van der Waals surface area contributed by atoms with Crippen LogP contribution >= 0.6 is 0 Å². The average Bonchev–Trinajstić information content (AvgIpc) is 2.42. The van der Waals surface area contributed by atoms with E-state index in [1.54, 1.807) is 13.0 Å². The molecule has 2 rings (SSSR count). The van der Waals surface area contributed by atoms with Gasteiger partial charge < -0.3 is 0 Å². The van der Waals surface area contributed by atoms with Crippen LogP contribution in [0.15, 0.2) is 23.8 Å². The Bertz CT molecular complexity index is 573. The molecule has 16 heavy (non-hydrogen) atoms. The van der Waals surface area contributed by atoms with Gasteiger partial charge in [-0.25, -0.2) is 4.39 Å². The van der Waals surface area contributed by atoms with E-state index in [1.807, 2.05) is 0 Å². The smallest absolute Gasteiger partial charge is 0.269 e. The zero-order chi connectivity index (χ0) is 11.9. The third kappa shape index (κ3) is 2.15. The molecular formula is C11H11FO3S. The van der Waals surface area contributed by atoms with Gasteiger partial charge in [0.1, 0.15) is 11.6 Å². The normalized spacial score (nSPS) is 15.4. The van der Waals surface area contributed by atoms with E-state index in [4.69, 9.17) is 4.55 Å². The molecule has 86 valence electrons. The molecule has 0 saturated carbocycles. The summed E-state index contributed by atoms with van der Waals surface area (Å²) in [5.41, 5.74) is 2.86. The SMILES string of the molecule is CC1=C(CS(=O)(=O)O)c2cc(F)ccc2C1. The van der Waals surface area contributed by atoms with Crippen LogP contribution in [0.2, 0.25) is 0 Å². The van der Waals surface area contributed by atoms with Gasteiger partial charge in [0, 0.05) is 0 Å². The molecule has 1 aliphatic carbocycles. The van der Waals surface area contributed by atoms with Gasteiger partial charge in [-0.05, 0) is 42.2 Å². The lowest BCUT2D eigenvalue weighted by Crippen LogP contribution is -2.06. The molecular weight excluding hydrogens is 231 g/mol. The molecule has 0 bridgehead atoms. The molecule has 0 atom stereocenters. The first-order valence-corrected chi connectivity index (χ1v) is 6.40. The Morgan fingerprint density at radius 3 is 2.75 bits per heavy atom. The standard InChI is InChI=1S/C11H11FO3S/c1-7-4-8-2-3-9(12)5-10(8)11(7)6-16(13,14)15/h2-3,5H,4,6H2,1H3,(H,13,14,15). The first kappa shape index (κ1) is 11.3. The molecule has 0 radical (unpaired) electrons. The van der Waals surface area contributed by atoms with Crippen LogP contribution in [-0.4, -0.2) is 18.7 Å². The second kappa shape index (κ2) is 3.68. The van der Waals surface area contributed by atoms with Gasteiger partial charge in [0.05, 0.1) is 0 Å². The molecule has 0 aromatic heterocycles. The van der Waals surface area contributed by atoms with Crippen LogP contribution in [0.4, 0.5) is 4.39 Å². The summed E-state index contributed by atoms with van der Waals surface area (Å²) in [6, 6.07) is 4.31. The fourth-order valence-corrected chi connectivity index (χ4v) is 2.76. The third-order valence-corrected chi connectivity index (χ3v) is 3.35. The van der Waals surface area contributed by atoms with Gasteiger partial charge in [0.2, 0.25) is 0 Å². The zero-order valence-corrected chi connectivity index (χ0v) is 9.51. The monoisotopic (exact) mass is 242 g/mol. The van der Waals surface area contributed by atoms with Gasteiger partial charge in [-0.15, -0.1) is 0 Å². The molecule has 1 N–H and O–H groups in total. The van der Waals surface area contributed by atoms with Crippen molar-refractivity contribution in [3.05, 3.63) is 40.7 Å². The highest BCUT2D eigenvalue weighted by Crippen LogP contribution is 2.33. The second-order valence-electron chi connectivity index (χ2n) is 3.96. The second-order valence-corrected chi connectivity index (χ2v) is 5.42. The van der Waals surface area contributed by atoms with Crippen LogP contribution in [0.3, 0.4) is 0 Å². The number of rotatable bonds is 2. The molecule has 0 heterocycles. The molecule has 0 aliphatic heterocycles. The van der Waals surface area contributed by atoms with Crippen molar-refractivity contribution >= 4 is 15.7 Å². The van der Waals surface area contributed by atoms with Gasteiger partial charge >= 0.3 is 0 Å². The number of fused-ring (bicyclic) bond motifs is 1. The molecule has 5 heteroatoms. The summed E-state index contributed by atoms with van der Waals surface area (Å²) < 4.78 is 43.6. The average molecular weight is 242 g/mol. The first-order valence-electron chi connectivity index (χ1n) is 4.79. The van der Waals surface area contributed by atoms with Crippen LogP contribution in [0.1, 0.15) is 18.1 Å². The Morgan fingerprint density at radius 2 is 2.12 bits per heavy atom. The van der Waals surface area contributed by atoms with Gasteiger partial charge in [0.25, 0.3) is 10.1 Å². The summed E-state index contributed by atoms with van der Waals surface area (Å²) in [5, 5.41) is 0. The van der Waals surface area contributed by atoms with Crippen molar-refractivity contribution in [3.8, 4) is 0 Å². The third-order valence-electron chi connectivity index (χ3n) is 2.69. The van der Waals surface area contributed by atoms with Crippen molar-refractivity contribution in [2.45, 2.75) is 13.3 Å². The van der Waals surface area contributed by atoms with Crippen LogP contribution in [0, 0.1) is 5.82 Å². The Hall–Kier alpha value is -1.20. The number of allylic oxidation sites excluding steroid dienone is 1. The number of hydrogen-bond donors (Lipinski definition) is 1. The lowest BCUT2D eigenvalue weighted by Gasteiger charge is -2.04. The van der Waals surface area contributed by atoms with Crippen molar-refractivity contribution in [2.24, 2.45) is 0 Å². The molecule has 0 amide bonds. The zero-order valence-electron chi connectivity index (χ0n) is 8.70. The predicted molar refractivity (Wildman–Crippen MR) is 59.1 cm³/mol. The Kier molecular flexibility index (Phi) is 2.59.